The van der Waals surface area contributed by atoms with Crippen LogP contribution in [0.3, 0.4) is 0 Å². The van der Waals surface area contributed by atoms with Crippen molar-refractivity contribution in [2.24, 2.45) is 11.7 Å². The molecule has 0 amide bonds. The number of likely N-dealkylation sites (N-methyl/N-ethyl adjacent to an activating group) is 1. The van der Waals surface area contributed by atoms with Crippen molar-refractivity contribution in [2.45, 2.75) is 26.3 Å². The van der Waals surface area contributed by atoms with Crippen molar-refractivity contribution in [3.63, 3.8) is 0 Å². The van der Waals surface area contributed by atoms with Crippen LogP contribution in [-0.4, -0.2) is 37.7 Å². The quantitative estimate of drug-likeness (QED) is 0.787. The second-order valence-corrected chi connectivity index (χ2v) is 5.28. The van der Waals surface area contributed by atoms with Crippen LogP contribution in [0.5, 0.6) is 5.75 Å². The summed E-state index contributed by atoms with van der Waals surface area (Å²) in [7, 11) is 2.03. The van der Waals surface area contributed by atoms with E-state index in [9.17, 15) is 4.39 Å². The molecule has 0 aliphatic rings. The molecule has 0 aliphatic carbocycles. The van der Waals surface area contributed by atoms with Gasteiger partial charge in [-0.2, -0.15) is 0 Å². The van der Waals surface area contributed by atoms with Crippen molar-refractivity contribution < 1.29 is 9.13 Å². The number of nitrogens with zero attached hydrogens (tertiary/aromatic N) is 1. The third-order valence-corrected chi connectivity index (χ3v) is 3.27. The molecule has 1 aromatic rings. The van der Waals surface area contributed by atoms with E-state index >= 15 is 0 Å². The van der Waals surface area contributed by atoms with Gasteiger partial charge in [0.15, 0.2) is 11.6 Å². The average molecular weight is 268 g/mol. The maximum Gasteiger partial charge on any atom is 0.165 e. The molecule has 0 radical (unpaired) electrons. The zero-order valence-corrected chi connectivity index (χ0v) is 12.1. The lowest BCUT2D eigenvalue weighted by molar-refractivity contribution is 0.223. The zero-order chi connectivity index (χ0) is 14.3. The number of rotatable bonds is 8. The summed E-state index contributed by atoms with van der Waals surface area (Å²) in [5.41, 5.74) is 6.00. The highest BCUT2D eigenvalue weighted by molar-refractivity contribution is 5.23. The molecule has 0 bridgehead atoms. The van der Waals surface area contributed by atoms with Crippen molar-refractivity contribution in [2.75, 3.05) is 26.7 Å². The first kappa shape index (κ1) is 15.9. The molecule has 0 saturated carbocycles. The third-order valence-electron chi connectivity index (χ3n) is 3.27. The molecule has 3 nitrogen and oxygen atoms in total. The molecule has 1 aromatic carbocycles. The van der Waals surface area contributed by atoms with Gasteiger partial charge in [0.05, 0.1) is 0 Å². The molecular formula is C15H25FN2O. The van der Waals surface area contributed by atoms with Gasteiger partial charge in [0, 0.05) is 12.6 Å². The largest absolute Gasteiger partial charge is 0.489 e. The number of para-hydroxylation sites is 1. The lowest BCUT2D eigenvalue weighted by atomic mass is 10.0. The van der Waals surface area contributed by atoms with E-state index in [4.69, 9.17) is 10.5 Å². The number of benzene rings is 1. The van der Waals surface area contributed by atoms with Crippen LogP contribution in [0.1, 0.15) is 20.3 Å². The van der Waals surface area contributed by atoms with Crippen molar-refractivity contribution in [3.05, 3.63) is 30.1 Å². The van der Waals surface area contributed by atoms with Gasteiger partial charge in [-0.05, 0) is 38.1 Å². The van der Waals surface area contributed by atoms with Gasteiger partial charge in [0.25, 0.3) is 0 Å². The molecule has 1 atom stereocenters. The first-order valence-electron chi connectivity index (χ1n) is 6.82. The number of hydrogen-bond acceptors (Lipinski definition) is 3. The summed E-state index contributed by atoms with van der Waals surface area (Å²) in [5.74, 6) is 0.504. The molecule has 19 heavy (non-hydrogen) atoms. The maximum atomic E-state index is 13.3. The highest BCUT2D eigenvalue weighted by Gasteiger charge is 2.09. The minimum atomic E-state index is -0.313. The predicted molar refractivity (Wildman–Crippen MR) is 76.8 cm³/mol. The Kier molecular flexibility index (Phi) is 6.81. The molecule has 0 aliphatic heterocycles. The maximum absolute atomic E-state index is 13.3. The summed E-state index contributed by atoms with van der Waals surface area (Å²) in [6.07, 6.45) is 0.966. The van der Waals surface area contributed by atoms with Crippen LogP contribution in [0, 0.1) is 11.7 Å². The number of hydrogen-bond donors (Lipinski definition) is 1. The van der Waals surface area contributed by atoms with E-state index in [-0.39, 0.29) is 11.9 Å². The Morgan fingerprint density at radius 3 is 2.58 bits per heavy atom. The van der Waals surface area contributed by atoms with Crippen LogP contribution in [-0.2, 0) is 0 Å². The molecule has 0 heterocycles. The second kappa shape index (κ2) is 8.12. The van der Waals surface area contributed by atoms with Crippen LogP contribution in [0.25, 0.3) is 0 Å². The Bertz CT molecular complexity index is 371. The molecule has 0 aromatic heterocycles. The monoisotopic (exact) mass is 268 g/mol. The lowest BCUT2D eigenvalue weighted by Crippen LogP contribution is -2.33. The van der Waals surface area contributed by atoms with E-state index in [0.29, 0.717) is 18.3 Å². The lowest BCUT2D eigenvalue weighted by Gasteiger charge is -2.21. The summed E-state index contributed by atoms with van der Waals surface area (Å²) < 4.78 is 18.7. The predicted octanol–water partition coefficient (Wildman–Crippen LogP) is 2.51. The van der Waals surface area contributed by atoms with Gasteiger partial charge in [0.1, 0.15) is 6.61 Å². The molecular weight excluding hydrogens is 243 g/mol. The molecule has 4 heteroatoms. The van der Waals surface area contributed by atoms with Crippen LogP contribution in [0.15, 0.2) is 24.3 Å². The molecule has 0 spiro atoms. The van der Waals surface area contributed by atoms with Crippen LogP contribution in [0.4, 0.5) is 4.39 Å². The highest BCUT2D eigenvalue weighted by atomic mass is 19.1. The van der Waals surface area contributed by atoms with Gasteiger partial charge in [0.2, 0.25) is 0 Å². The van der Waals surface area contributed by atoms with E-state index in [1.165, 1.54) is 6.07 Å². The number of nitrogens with two attached hydrogens (primary N) is 1. The van der Waals surface area contributed by atoms with Gasteiger partial charge in [-0.3, -0.25) is 0 Å². The van der Waals surface area contributed by atoms with Crippen molar-refractivity contribution in [3.8, 4) is 5.75 Å². The fourth-order valence-electron chi connectivity index (χ4n) is 1.69. The number of halogens is 1. The van der Waals surface area contributed by atoms with Crippen LogP contribution < -0.4 is 10.5 Å². The molecule has 1 unspecified atom stereocenters. The standard InChI is InChI=1S/C15H25FN2O/c1-12(2)14(17)8-9-18(3)10-11-19-15-7-5-4-6-13(15)16/h4-7,12,14H,8-11,17H2,1-3H3. The molecule has 2 N–H and O–H groups in total. The van der Waals surface area contributed by atoms with Gasteiger partial charge in [-0.1, -0.05) is 26.0 Å². The molecule has 108 valence electrons. The minimum absolute atomic E-state index is 0.231. The minimum Gasteiger partial charge on any atom is -0.489 e. The summed E-state index contributed by atoms with van der Waals surface area (Å²) in [5, 5.41) is 0. The Hall–Kier alpha value is -1.13. The van der Waals surface area contributed by atoms with E-state index in [1.54, 1.807) is 18.2 Å². The molecule has 0 saturated heterocycles. The van der Waals surface area contributed by atoms with E-state index in [0.717, 1.165) is 19.5 Å². The Labute approximate surface area is 115 Å². The van der Waals surface area contributed by atoms with Crippen molar-refractivity contribution in [1.29, 1.82) is 0 Å². The molecule has 0 fully saturated rings. The second-order valence-electron chi connectivity index (χ2n) is 5.28. The first-order chi connectivity index (χ1) is 9.00. The van der Waals surface area contributed by atoms with E-state index in [2.05, 4.69) is 18.7 Å². The smallest absolute Gasteiger partial charge is 0.165 e. The van der Waals surface area contributed by atoms with Crippen LogP contribution >= 0.6 is 0 Å². The summed E-state index contributed by atoms with van der Waals surface area (Å²) in [4.78, 5) is 2.16. The van der Waals surface area contributed by atoms with Gasteiger partial charge in [-0.25, -0.2) is 4.39 Å². The zero-order valence-electron chi connectivity index (χ0n) is 12.1. The van der Waals surface area contributed by atoms with Crippen LogP contribution in [0.2, 0.25) is 0 Å². The summed E-state index contributed by atoms with van der Waals surface area (Å²) in [6.45, 7) is 6.44. The van der Waals surface area contributed by atoms with Gasteiger partial charge < -0.3 is 15.4 Å². The first-order valence-corrected chi connectivity index (χ1v) is 6.82. The fraction of sp³-hybridized carbons (Fsp3) is 0.600. The SMILES string of the molecule is CC(C)C(N)CCN(C)CCOc1ccccc1F. The molecule has 1 rings (SSSR count). The number of ether oxygens (including phenoxy) is 1. The fourth-order valence-corrected chi connectivity index (χ4v) is 1.69. The summed E-state index contributed by atoms with van der Waals surface area (Å²) in [6, 6.07) is 6.70. The van der Waals surface area contributed by atoms with Gasteiger partial charge >= 0.3 is 0 Å². The Morgan fingerprint density at radius 2 is 1.95 bits per heavy atom. The highest BCUT2D eigenvalue weighted by Crippen LogP contribution is 2.15. The summed E-state index contributed by atoms with van der Waals surface area (Å²) >= 11 is 0. The average Bonchev–Trinajstić information content (AvgIpc) is 2.38. The Balaban J connectivity index is 2.20. The Morgan fingerprint density at radius 1 is 1.26 bits per heavy atom. The van der Waals surface area contributed by atoms with E-state index in [1.807, 2.05) is 7.05 Å². The van der Waals surface area contributed by atoms with E-state index < -0.39 is 0 Å². The van der Waals surface area contributed by atoms with Gasteiger partial charge in [-0.15, -0.1) is 0 Å². The topological polar surface area (TPSA) is 38.5 Å². The third kappa shape index (κ3) is 6.03. The van der Waals surface area contributed by atoms with Crippen molar-refractivity contribution >= 4 is 0 Å². The normalized spacial score (nSPS) is 13.0. The van der Waals surface area contributed by atoms with Crippen molar-refractivity contribution in [1.82, 2.24) is 4.90 Å².